The number of aryl methyl sites for hydroxylation is 1. The second-order valence-corrected chi connectivity index (χ2v) is 6.57. The van der Waals surface area contributed by atoms with Crippen LogP contribution in [0.15, 0.2) is 24.3 Å². The lowest BCUT2D eigenvalue weighted by Gasteiger charge is -2.27. The first-order valence-corrected chi connectivity index (χ1v) is 8.16. The van der Waals surface area contributed by atoms with Crippen LogP contribution in [0.3, 0.4) is 0 Å². The highest BCUT2D eigenvalue weighted by molar-refractivity contribution is 5.23. The summed E-state index contributed by atoms with van der Waals surface area (Å²) in [5, 5.41) is 0. The van der Waals surface area contributed by atoms with Crippen LogP contribution < -0.4 is 5.73 Å². The molecule has 2 heteroatoms. The van der Waals surface area contributed by atoms with E-state index in [1.54, 1.807) is 0 Å². The summed E-state index contributed by atoms with van der Waals surface area (Å²) in [6, 6.07) is 8.81. The van der Waals surface area contributed by atoms with Crippen LogP contribution >= 0.6 is 0 Å². The number of rotatable bonds is 6. The van der Waals surface area contributed by atoms with Gasteiger partial charge in [0.05, 0.1) is 0 Å². The molecular formula is C18H30N2. The fourth-order valence-electron chi connectivity index (χ4n) is 3.24. The van der Waals surface area contributed by atoms with E-state index in [0.717, 1.165) is 18.9 Å². The predicted molar refractivity (Wildman–Crippen MR) is 86.8 cm³/mol. The van der Waals surface area contributed by atoms with E-state index in [9.17, 15) is 0 Å². The van der Waals surface area contributed by atoms with Crippen molar-refractivity contribution in [1.29, 1.82) is 0 Å². The maximum absolute atomic E-state index is 6.30. The minimum atomic E-state index is 0.171. The Bertz CT molecular complexity index is 379. The fourth-order valence-corrected chi connectivity index (χ4v) is 3.24. The summed E-state index contributed by atoms with van der Waals surface area (Å²) < 4.78 is 0. The van der Waals surface area contributed by atoms with Gasteiger partial charge in [0.2, 0.25) is 0 Å². The second kappa shape index (κ2) is 7.80. The topological polar surface area (TPSA) is 29.3 Å². The standard InChI is InChI=1S/C18H30N2/c1-15-8-10-17(11-9-15)18(19)12-13-20(2)14-16-6-4-3-5-7-16/h8-11,16,18H,3-7,12-14,19H2,1-2H3. The Morgan fingerprint density at radius 2 is 1.80 bits per heavy atom. The number of hydrogen-bond acceptors (Lipinski definition) is 2. The normalized spacial score (nSPS) is 18.4. The van der Waals surface area contributed by atoms with E-state index in [2.05, 4.69) is 43.1 Å². The first kappa shape index (κ1) is 15.5. The SMILES string of the molecule is Cc1ccc(C(N)CCN(C)CC2CCCCC2)cc1. The second-order valence-electron chi connectivity index (χ2n) is 6.57. The molecule has 0 radical (unpaired) electrons. The van der Waals surface area contributed by atoms with Gasteiger partial charge in [-0.05, 0) is 51.3 Å². The van der Waals surface area contributed by atoms with Gasteiger partial charge in [-0.2, -0.15) is 0 Å². The van der Waals surface area contributed by atoms with Gasteiger partial charge in [-0.15, -0.1) is 0 Å². The van der Waals surface area contributed by atoms with Gasteiger partial charge in [0.25, 0.3) is 0 Å². The van der Waals surface area contributed by atoms with Crippen molar-refractivity contribution in [1.82, 2.24) is 4.90 Å². The molecule has 1 atom stereocenters. The Hall–Kier alpha value is -0.860. The lowest BCUT2D eigenvalue weighted by Crippen LogP contribution is -2.29. The van der Waals surface area contributed by atoms with Crippen LogP contribution in [0.1, 0.15) is 55.7 Å². The maximum Gasteiger partial charge on any atom is 0.0307 e. The van der Waals surface area contributed by atoms with Crippen LogP contribution in [0.4, 0.5) is 0 Å². The molecule has 0 heterocycles. The third-order valence-corrected chi connectivity index (χ3v) is 4.62. The molecule has 0 spiro atoms. The van der Waals surface area contributed by atoms with Crippen LogP contribution in [0.5, 0.6) is 0 Å². The lowest BCUT2D eigenvalue weighted by atomic mass is 9.89. The maximum atomic E-state index is 6.30. The molecule has 1 aliphatic rings. The van der Waals surface area contributed by atoms with Crippen LogP contribution in [-0.2, 0) is 0 Å². The Morgan fingerprint density at radius 1 is 1.15 bits per heavy atom. The first-order chi connectivity index (χ1) is 9.65. The van der Waals surface area contributed by atoms with Gasteiger partial charge >= 0.3 is 0 Å². The molecule has 1 aromatic carbocycles. The summed E-state index contributed by atoms with van der Waals surface area (Å²) in [6.45, 7) is 4.47. The number of nitrogens with zero attached hydrogens (tertiary/aromatic N) is 1. The van der Waals surface area contributed by atoms with E-state index < -0.39 is 0 Å². The monoisotopic (exact) mass is 274 g/mol. The van der Waals surface area contributed by atoms with Gasteiger partial charge in [-0.1, -0.05) is 49.1 Å². The molecular weight excluding hydrogens is 244 g/mol. The van der Waals surface area contributed by atoms with Crippen molar-refractivity contribution in [2.75, 3.05) is 20.1 Å². The van der Waals surface area contributed by atoms with Crippen molar-refractivity contribution >= 4 is 0 Å². The Labute approximate surface area is 124 Å². The fraction of sp³-hybridized carbons (Fsp3) is 0.667. The molecule has 0 saturated heterocycles. The molecule has 20 heavy (non-hydrogen) atoms. The average molecular weight is 274 g/mol. The highest BCUT2D eigenvalue weighted by atomic mass is 15.1. The largest absolute Gasteiger partial charge is 0.324 e. The van der Waals surface area contributed by atoms with Crippen LogP contribution in [0.2, 0.25) is 0 Å². The summed E-state index contributed by atoms with van der Waals surface area (Å²) in [7, 11) is 2.25. The lowest BCUT2D eigenvalue weighted by molar-refractivity contribution is 0.228. The van der Waals surface area contributed by atoms with Gasteiger partial charge in [0.15, 0.2) is 0 Å². The van der Waals surface area contributed by atoms with Crippen LogP contribution in [0.25, 0.3) is 0 Å². The third kappa shape index (κ3) is 4.92. The highest BCUT2D eigenvalue weighted by Crippen LogP contribution is 2.24. The van der Waals surface area contributed by atoms with E-state index in [4.69, 9.17) is 5.73 Å². The van der Waals surface area contributed by atoms with E-state index in [1.807, 2.05) is 0 Å². The van der Waals surface area contributed by atoms with Gasteiger partial charge in [0.1, 0.15) is 0 Å². The molecule has 0 aliphatic heterocycles. The molecule has 112 valence electrons. The molecule has 2 N–H and O–H groups in total. The van der Waals surface area contributed by atoms with Gasteiger partial charge in [-0.25, -0.2) is 0 Å². The minimum absolute atomic E-state index is 0.171. The summed E-state index contributed by atoms with van der Waals surface area (Å²) in [5.74, 6) is 0.921. The summed E-state index contributed by atoms with van der Waals surface area (Å²) >= 11 is 0. The molecule has 1 saturated carbocycles. The van der Waals surface area contributed by atoms with Crippen LogP contribution in [-0.4, -0.2) is 25.0 Å². The smallest absolute Gasteiger partial charge is 0.0307 e. The predicted octanol–water partition coefficient (Wildman–Crippen LogP) is 3.90. The molecule has 2 rings (SSSR count). The Balaban J connectivity index is 1.71. The van der Waals surface area contributed by atoms with E-state index in [0.29, 0.717) is 0 Å². The zero-order chi connectivity index (χ0) is 14.4. The zero-order valence-electron chi connectivity index (χ0n) is 13.1. The first-order valence-electron chi connectivity index (χ1n) is 8.16. The Kier molecular flexibility index (Phi) is 6.06. The van der Waals surface area contributed by atoms with Crippen molar-refractivity contribution in [3.63, 3.8) is 0 Å². The van der Waals surface area contributed by atoms with Crippen molar-refractivity contribution < 1.29 is 0 Å². The molecule has 0 amide bonds. The van der Waals surface area contributed by atoms with E-state index >= 15 is 0 Å². The van der Waals surface area contributed by atoms with E-state index in [1.165, 1.54) is 49.8 Å². The molecule has 1 aromatic rings. The van der Waals surface area contributed by atoms with E-state index in [-0.39, 0.29) is 6.04 Å². The van der Waals surface area contributed by atoms with Crippen LogP contribution in [0, 0.1) is 12.8 Å². The van der Waals surface area contributed by atoms with Gasteiger partial charge < -0.3 is 10.6 Å². The third-order valence-electron chi connectivity index (χ3n) is 4.62. The van der Waals surface area contributed by atoms with Crippen molar-refractivity contribution in [2.45, 2.75) is 51.5 Å². The van der Waals surface area contributed by atoms with Gasteiger partial charge in [0, 0.05) is 12.6 Å². The number of benzene rings is 1. The van der Waals surface area contributed by atoms with Crippen molar-refractivity contribution in [3.05, 3.63) is 35.4 Å². The average Bonchev–Trinajstić information content (AvgIpc) is 2.46. The number of hydrogen-bond donors (Lipinski definition) is 1. The van der Waals surface area contributed by atoms with Gasteiger partial charge in [-0.3, -0.25) is 0 Å². The number of nitrogens with two attached hydrogens (primary N) is 1. The molecule has 0 bridgehead atoms. The molecule has 1 aliphatic carbocycles. The molecule has 2 nitrogen and oxygen atoms in total. The summed E-state index contributed by atoms with van der Waals surface area (Å²) in [4.78, 5) is 2.48. The Morgan fingerprint density at radius 3 is 2.45 bits per heavy atom. The van der Waals surface area contributed by atoms with Crippen molar-refractivity contribution in [2.24, 2.45) is 11.7 Å². The zero-order valence-corrected chi connectivity index (χ0v) is 13.1. The highest BCUT2D eigenvalue weighted by Gasteiger charge is 2.15. The summed E-state index contributed by atoms with van der Waals surface area (Å²) in [6.07, 6.45) is 8.20. The molecule has 0 aromatic heterocycles. The molecule has 1 unspecified atom stereocenters. The molecule has 1 fully saturated rings. The quantitative estimate of drug-likeness (QED) is 0.852. The summed E-state index contributed by atoms with van der Waals surface area (Å²) in [5.41, 5.74) is 8.87. The van der Waals surface area contributed by atoms with Crippen molar-refractivity contribution in [3.8, 4) is 0 Å². The minimum Gasteiger partial charge on any atom is -0.324 e.